The number of sulfone groups is 1. The Morgan fingerprint density at radius 3 is 2.49 bits per heavy atom. The van der Waals surface area contributed by atoms with Crippen LogP contribution >= 0.6 is 0 Å². The van der Waals surface area contributed by atoms with Crippen molar-refractivity contribution < 1.29 is 13.2 Å². The first-order chi connectivity index (χ1) is 18.6. The fraction of sp³-hybridized carbons (Fsp3) is 0.500. The molecule has 0 radical (unpaired) electrons. The quantitative estimate of drug-likeness (QED) is 0.444. The van der Waals surface area contributed by atoms with Gasteiger partial charge in [0.05, 0.1) is 21.7 Å². The maximum atomic E-state index is 14.0. The van der Waals surface area contributed by atoms with Gasteiger partial charge in [0.2, 0.25) is 5.91 Å². The van der Waals surface area contributed by atoms with Crippen molar-refractivity contribution in [3.05, 3.63) is 60.4 Å². The van der Waals surface area contributed by atoms with E-state index >= 15 is 0 Å². The highest BCUT2D eigenvalue weighted by molar-refractivity contribution is 7.91. The number of carbonyl (C=O) groups is 1. The van der Waals surface area contributed by atoms with Gasteiger partial charge in [-0.2, -0.15) is 0 Å². The van der Waals surface area contributed by atoms with Gasteiger partial charge in [-0.15, -0.1) is 0 Å². The molecule has 1 saturated carbocycles. The molecule has 1 N–H and O–H groups in total. The Bertz CT molecular complexity index is 1440. The third-order valence-electron chi connectivity index (χ3n) is 8.72. The highest BCUT2D eigenvalue weighted by Gasteiger charge is 2.50. The third kappa shape index (κ3) is 5.52. The van der Waals surface area contributed by atoms with E-state index in [9.17, 15) is 13.2 Å². The van der Waals surface area contributed by atoms with Crippen molar-refractivity contribution in [2.24, 2.45) is 0 Å². The topological polar surface area (TPSA) is 95.5 Å². The fourth-order valence-corrected chi connectivity index (χ4v) is 8.15. The lowest BCUT2D eigenvalue weighted by Gasteiger charge is -2.48. The van der Waals surface area contributed by atoms with Crippen LogP contribution < -0.4 is 5.32 Å². The Labute approximate surface area is 231 Å². The Morgan fingerprint density at radius 2 is 1.79 bits per heavy atom. The molecule has 1 aliphatic heterocycles. The van der Waals surface area contributed by atoms with E-state index in [1.165, 1.54) is 6.33 Å². The molecule has 39 heavy (non-hydrogen) atoms. The number of benzene rings is 2. The molecule has 1 unspecified atom stereocenters. The van der Waals surface area contributed by atoms with Crippen molar-refractivity contribution in [2.45, 2.75) is 81.4 Å². The predicted octanol–water partition coefficient (Wildman–Crippen LogP) is 4.45. The number of nitrogens with zero attached hydrogens (tertiary/aromatic N) is 4. The van der Waals surface area contributed by atoms with E-state index in [-0.39, 0.29) is 11.7 Å². The molecule has 1 aromatic heterocycles. The molecule has 1 saturated heterocycles. The number of fused-ring (bicyclic) bond motifs is 1. The van der Waals surface area contributed by atoms with Gasteiger partial charge in [-0.25, -0.2) is 18.4 Å². The van der Waals surface area contributed by atoms with Crippen LogP contribution in [0.4, 0.5) is 5.82 Å². The summed E-state index contributed by atoms with van der Waals surface area (Å²) in [6.07, 6.45) is 5.15. The molecular formula is C30H39N5O3S. The van der Waals surface area contributed by atoms with Crippen LogP contribution in [0.2, 0.25) is 0 Å². The highest BCUT2D eigenvalue weighted by Crippen LogP contribution is 2.40. The molecule has 8 nitrogen and oxygen atoms in total. The van der Waals surface area contributed by atoms with Crippen molar-refractivity contribution in [1.82, 2.24) is 19.8 Å². The monoisotopic (exact) mass is 549 g/mol. The zero-order valence-electron chi connectivity index (χ0n) is 23.3. The third-order valence-corrected chi connectivity index (χ3v) is 10.6. The Morgan fingerprint density at radius 1 is 1.08 bits per heavy atom. The Hall–Kier alpha value is -3.04. The summed E-state index contributed by atoms with van der Waals surface area (Å²) in [5.74, 6) is 0.529. The first-order valence-electron chi connectivity index (χ1n) is 13.9. The molecule has 3 aromatic rings. The smallest absolute Gasteiger partial charge is 0.245 e. The van der Waals surface area contributed by atoms with Crippen LogP contribution in [-0.2, 0) is 14.6 Å². The summed E-state index contributed by atoms with van der Waals surface area (Å²) in [4.78, 5) is 27.4. The minimum atomic E-state index is -3.59. The van der Waals surface area contributed by atoms with Gasteiger partial charge in [0.15, 0.2) is 9.84 Å². The number of rotatable bonds is 8. The molecule has 9 heteroatoms. The lowest BCUT2D eigenvalue weighted by molar-refractivity contribution is -0.134. The number of hydrogen-bond acceptors (Lipinski definition) is 7. The Balaban J connectivity index is 1.42. The van der Waals surface area contributed by atoms with E-state index in [2.05, 4.69) is 41.1 Å². The SMILES string of the molecule is Cc1ccc2ncnc(NC3CCN(C4(CS(=O)(=O)c5ccccc5)CCC(N(C)C(C)C)CC4)C3=O)c2c1. The molecule has 2 heterocycles. The van der Waals surface area contributed by atoms with E-state index in [1.54, 1.807) is 24.3 Å². The molecule has 208 valence electrons. The van der Waals surface area contributed by atoms with Crippen LogP contribution in [0.5, 0.6) is 0 Å². The lowest BCUT2D eigenvalue weighted by Crippen LogP contribution is -2.58. The second-order valence-corrected chi connectivity index (χ2v) is 13.5. The van der Waals surface area contributed by atoms with Gasteiger partial charge in [-0.3, -0.25) is 4.79 Å². The van der Waals surface area contributed by atoms with Crippen molar-refractivity contribution in [2.75, 3.05) is 24.7 Å². The van der Waals surface area contributed by atoms with Gasteiger partial charge < -0.3 is 15.1 Å². The zero-order chi connectivity index (χ0) is 27.8. The van der Waals surface area contributed by atoms with Crippen LogP contribution in [0.15, 0.2) is 59.8 Å². The van der Waals surface area contributed by atoms with Crippen LogP contribution in [-0.4, -0.2) is 77.1 Å². The highest BCUT2D eigenvalue weighted by atomic mass is 32.2. The van der Waals surface area contributed by atoms with Gasteiger partial charge in [-0.05, 0) is 84.2 Å². The number of carbonyl (C=O) groups excluding carboxylic acids is 1. The average molecular weight is 550 g/mol. The summed E-state index contributed by atoms with van der Waals surface area (Å²) < 4.78 is 27.3. The minimum Gasteiger partial charge on any atom is -0.358 e. The van der Waals surface area contributed by atoms with Crippen molar-refractivity contribution in [3.8, 4) is 0 Å². The summed E-state index contributed by atoms with van der Waals surface area (Å²) in [5, 5.41) is 4.26. The van der Waals surface area contributed by atoms with E-state index in [0.717, 1.165) is 29.3 Å². The maximum Gasteiger partial charge on any atom is 0.245 e. The molecule has 1 amide bonds. The van der Waals surface area contributed by atoms with Crippen LogP contribution in [0.3, 0.4) is 0 Å². The summed E-state index contributed by atoms with van der Waals surface area (Å²) in [7, 11) is -1.46. The number of amides is 1. The first kappa shape index (κ1) is 27.5. The number of anilines is 1. The molecule has 1 atom stereocenters. The number of aryl methyl sites for hydroxylation is 1. The van der Waals surface area contributed by atoms with Crippen molar-refractivity contribution in [1.29, 1.82) is 0 Å². The molecule has 2 fully saturated rings. The summed E-state index contributed by atoms with van der Waals surface area (Å²) in [6, 6.07) is 14.9. The largest absolute Gasteiger partial charge is 0.358 e. The van der Waals surface area contributed by atoms with E-state index in [0.29, 0.717) is 48.6 Å². The second kappa shape index (κ2) is 10.8. The van der Waals surface area contributed by atoms with Gasteiger partial charge in [0.25, 0.3) is 0 Å². The van der Waals surface area contributed by atoms with Crippen molar-refractivity contribution >= 4 is 32.5 Å². The molecule has 0 bridgehead atoms. The minimum absolute atomic E-state index is 0.0478. The number of hydrogen-bond donors (Lipinski definition) is 1. The number of likely N-dealkylation sites (tertiary alicyclic amines) is 1. The number of nitrogens with one attached hydrogen (secondary N) is 1. The first-order valence-corrected chi connectivity index (χ1v) is 15.5. The predicted molar refractivity (Wildman–Crippen MR) is 154 cm³/mol. The van der Waals surface area contributed by atoms with Crippen LogP contribution in [0.1, 0.15) is 51.5 Å². The van der Waals surface area contributed by atoms with Gasteiger partial charge in [0.1, 0.15) is 18.2 Å². The lowest BCUT2D eigenvalue weighted by atomic mass is 9.78. The standard InChI is InChI=1S/C30H39N5O3S/c1-21(2)34(4)23-12-15-30(16-13-23,19-39(37,38)24-8-6-5-7-9-24)35-17-14-27(29(35)36)33-28-25-18-22(3)10-11-26(25)31-20-32-28/h5-11,18,20-21,23,27H,12-17,19H2,1-4H3,(H,31,32,33). The van der Waals surface area contributed by atoms with E-state index in [4.69, 9.17) is 0 Å². The summed E-state index contributed by atoms with van der Waals surface area (Å²) in [5.41, 5.74) is 1.17. The van der Waals surface area contributed by atoms with Crippen molar-refractivity contribution in [3.63, 3.8) is 0 Å². The average Bonchev–Trinajstić information content (AvgIpc) is 3.29. The molecule has 0 spiro atoms. The van der Waals surface area contributed by atoms with Crippen LogP contribution in [0.25, 0.3) is 10.9 Å². The summed E-state index contributed by atoms with van der Waals surface area (Å²) in [6.45, 7) is 6.90. The molecular weight excluding hydrogens is 510 g/mol. The second-order valence-electron chi connectivity index (χ2n) is 11.5. The molecule has 1 aliphatic carbocycles. The van der Waals surface area contributed by atoms with Gasteiger partial charge in [-0.1, -0.05) is 29.8 Å². The molecule has 2 aromatic carbocycles. The van der Waals surface area contributed by atoms with E-state index < -0.39 is 21.4 Å². The normalized spacial score (nSPS) is 24.2. The Kier molecular flexibility index (Phi) is 7.66. The molecule has 5 rings (SSSR count). The van der Waals surface area contributed by atoms with Gasteiger partial charge >= 0.3 is 0 Å². The maximum absolute atomic E-state index is 14.0. The number of aromatic nitrogens is 2. The van der Waals surface area contributed by atoms with Gasteiger partial charge in [0, 0.05) is 24.0 Å². The molecule has 2 aliphatic rings. The zero-order valence-corrected chi connectivity index (χ0v) is 24.1. The summed E-state index contributed by atoms with van der Waals surface area (Å²) >= 11 is 0. The fourth-order valence-electron chi connectivity index (χ4n) is 6.26. The van der Waals surface area contributed by atoms with Crippen LogP contribution in [0, 0.1) is 6.92 Å². The van der Waals surface area contributed by atoms with E-state index in [1.807, 2.05) is 36.1 Å².